The average molecular weight is 409 g/mol. The molecule has 1 aliphatic rings. The number of pyridine rings is 1. The second kappa shape index (κ2) is 7.29. The highest BCUT2D eigenvalue weighted by Crippen LogP contribution is 2.30. The van der Waals surface area contributed by atoms with Gasteiger partial charge in [-0.3, -0.25) is 14.8 Å². The van der Waals surface area contributed by atoms with E-state index in [1.54, 1.807) is 55.7 Å². The Kier molecular flexibility index (Phi) is 4.79. The Morgan fingerprint density at radius 1 is 1.17 bits per heavy atom. The van der Waals surface area contributed by atoms with Gasteiger partial charge in [-0.2, -0.15) is 0 Å². The zero-order valence-electron chi connectivity index (χ0n) is 16.0. The molecule has 0 saturated heterocycles. The van der Waals surface area contributed by atoms with Crippen LogP contribution in [0.2, 0.25) is 0 Å². The van der Waals surface area contributed by atoms with Crippen molar-refractivity contribution >= 4 is 32.4 Å². The van der Waals surface area contributed by atoms with Crippen LogP contribution in [0, 0.1) is 0 Å². The molecule has 1 N–H and O–H groups in total. The summed E-state index contributed by atoms with van der Waals surface area (Å²) in [4.78, 5) is 21.1. The van der Waals surface area contributed by atoms with E-state index in [4.69, 9.17) is 4.42 Å². The van der Waals surface area contributed by atoms with Gasteiger partial charge in [0.25, 0.3) is 5.91 Å². The number of sulfone groups is 1. The Bertz CT molecular complexity index is 1240. The Morgan fingerprint density at radius 3 is 2.59 bits per heavy atom. The maximum Gasteiger partial charge on any atom is 0.287 e. The monoisotopic (exact) mass is 409 g/mol. The Hall–Kier alpha value is -3.26. The van der Waals surface area contributed by atoms with Crippen molar-refractivity contribution in [3.05, 3.63) is 70.7 Å². The van der Waals surface area contributed by atoms with Gasteiger partial charge in [-0.15, -0.1) is 0 Å². The van der Waals surface area contributed by atoms with E-state index in [1.807, 2.05) is 6.92 Å². The van der Waals surface area contributed by atoms with Gasteiger partial charge in [0.2, 0.25) is 9.84 Å². The van der Waals surface area contributed by atoms with E-state index in [1.165, 1.54) is 0 Å². The molecule has 0 atom stereocenters. The number of hydrogen-bond acceptors (Lipinski definition) is 6. The van der Waals surface area contributed by atoms with Crippen molar-refractivity contribution in [3.8, 4) is 0 Å². The van der Waals surface area contributed by atoms with Crippen molar-refractivity contribution in [2.45, 2.75) is 31.7 Å². The number of aliphatic imine (C=N–C) groups is 1. The molecule has 0 aliphatic carbocycles. The Labute approximate surface area is 168 Å². The summed E-state index contributed by atoms with van der Waals surface area (Å²) in [7, 11) is -3.57. The summed E-state index contributed by atoms with van der Waals surface area (Å²) < 4.78 is 31.1. The molecule has 4 rings (SSSR count). The molecule has 3 heterocycles. The number of allylic oxidation sites excluding steroid dienone is 2. The summed E-state index contributed by atoms with van der Waals surface area (Å²) in [5, 5.41) is 3.57. The molecule has 0 saturated carbocycles. The number of nitrogens with one attached hydrogen (secondary N) is 1. The van der Waals surface area contributed by atoms with E-state index >= 15 is 0 Å². The van der Waals surface area contributed by atoms with Crippen molar-refractivity contribution in [1.82, 2.24) is 10.3 Å². The SMILES string of the molecule is CC1=NC(C)=C(S(=O)(=O)c2ccc(CNC(=O)c3cc4ccncc4o3)cc2)C1. The molecule has 148 valence electrons. The predicted molar refractivity (Wildman–Crippen MR) is 109 cm³/mol. The molecule has 0 bridgehead atoms. The van der Waals surface area contributed by atoms with Gasteiger partial charge in [0, 0.05) is 30.3 Å². The van der Waals surface area contributed by atoms with Crippen molar-refractivity contribution in [2.24, 2.45) is 4.99 Å². The van der Waals surface area contributed by atoms with Gasteiger partial charge in [-0.1, -0.05) is 12.1 Å². The zero-order valence-corrected chi connectivity index (χ0v) is 16.8. The third-order valence-electron chi connectivity index (χ3n) is 4.74. The number of carbonyl (C=O) groups excluding carboxylic acids is 1. The number of carbonyl (C=O) groups is 1. The molecule has 0 unspecified atom stereocenters. The fraction of sp³-hybridized carbons (Fsp3) is 0.190. The second-order valence-corrected chi connectivity index (χ2v) is 8.86. The minimum absolute atomic E-state index is 0.200. The molecule has 0 spiro atoms. The van der Waals surface area contributed by atoms with Crippen LogP contribution in [-0.2, 0) is 16.4 Å². The molecule has 3 aromatic rings. The van der Waals surface area contributed by atoms with Gasteiger partial charge >= 0.3 is 0 Å². The number of fused-ring (bicyclic) bond motifs is 1. The lowest BCUT2D eigenvalue weighted by atomic mass is 10.2. The fourth-order valence-electron chi connectivity index (χ4n) is 3.23. The number of rotatable bonds is 5. The van der Waals surface area contributed by atoms with Crippen LogP contribution in [0.1, 0.15) is 36.4 Å². The van der Waals surface area contributed by atoms with Crippen molar-refractivity contribution in [2.75, 3.05) is 0 Å². The summed E-state index contributed by atoms with van der Waals surface area (Å²) in [5.41, 5.74) is 2.66. The highest BCUT2D eigenvalue weighted by Gasteiger charge is 2.26. The van der Waals surface area contributed by atoms with Crippen LogP contribution in [0.15, 0.2) is 73.7 Å². The Balaban J connectivity index is 1.44. The summed E-state index contributed by atoms with van der Waals surface area (Å²) in [5.74, 6) is -0.150. The number of aromatic nitrogens is 1. The summed E-state index contributed by atoms with van der Waals surface area (Å²) in [6, 6.07) is 9.91. The zero-order chi connectivity index (χ0) is 20.6. The van der Waals surface area contributed by atoms with Crippen LogP contribution < -0.4 is 5.32 Å². The number of amides is 1. The highest BCUT2D eigenvalue weighted by molar-refractivity contribution is 7.95. The molecule has 1 aliphatic heterocycles. The lowest BCUT2D eigenvalue weighted by Gasteiger charge is -2.08. The number of furan rings is 1. The average Bonchev–Trinajstić information content (AvgIpc) is 3.29. The quantitative estimate of drug-likeness (QED) is 0.693. The van der Waals surface area contributed by atoms with Crippen molar-refractivity contribution < 1.29 is 17.6 Å². The lowest BCUT2D eigenvalue weighted by Crippen LogP contribution is -2.22. The lowest BCUT2D eigenvalue weighted by molar-refractivity contribution is 0.0925. The maximum absolute atomic E-state index is 12.8. The molecule has 2 aromatic heterocycles. The molecule has 1 aromatic carbocycles. The molecular formula is C21H19N3O4S. The van der Waals surface area contributed by atoms with Gasteiger partial charge in [0.1, 0.15) is 0 Å². The van der Waals surface area contributed by atoms with Crippen molar-refractivity contribution in [3.63, 3.8) is 0 Å². The third-order valence-corrected chi connectivity index (χ3v) is 6.72. The molecule has 29 heavy (non-hydrogen) atoms. The molecule has 0 fully saturated rings. The first-order valence-corrected chi connectivity index (χ1v) is 10.5. The first kappa shape index (κ1) is 19.1. The highest BCUT2D eigenvalue weighted by atomic mass is 32.2. The van der Waals surface area contributed by atoms with E-state index < -0.39 is 9.84 Å². The number of benzene rings is 1. The largest absolute Gasteiger partial charge is 0.449 e. The van der Waals surface area contributed by atoms with Crippen LogP contribution in [-0.4, -0.2) is 25.0 Å². The third kappa shape index (κ3) is 3.71. The molecule has 8 heteroatoms. The summed E-state index contributed by atoms with van der Waals surface area (Å²) >= 11 is 0. The smallest absolute Gasteiger partial charge is 0.287 e. The molecular weight excluding hydrogens is 390 g/mol. The predicted octanol–water partition coefficient (Wildman–Crippen LogP) is 3.63. The second-order valence-electron chi connectivity index (χ2n) is 6.89. The maximum atomic E-state index is 12.8. The Morgan fingerprint density at radius 2 is 1.93 bits per heavy atom. The standard InChI is InChI=1S/C21H19N3O4S/c1-13-9-20(14(2)24-13)29(26,27)17-5-3-15(4-6-17)11-23-21(25)18-10-16-7-8-22-12-19(16)28-18/h3-8,10,12H,9,11H2,1-2H3,(H,23,25). The van der Waals surface area contributed by atoms with Gasteiger partial charge in [0.15, 0.2) is 11.3 Å². The van der Waals surface area contributed by atoms with E-state index in [2.05, 4.69) is 15.3 Å². The molecule has 1 amide bonds. The van der Waals surface area contributed by atoms with Crippen LogP contribution in [0.25, 0.3) is 11.0 Å². The molecule has 7 nitrogen and oxygen atoms in total. The van der Waals surface area contributed by atoms with E-state index in [-0.39, 0.29) is 23.1 Å². The van der Waals surface area contributed by atoms with Gasteiger partial charge in [-0.25, -0.2) is 8.42 Å². The summed E-state index contributed by atoms with van der Waals surface area (Å²) in [6.07, 6.45) is 3.53. The van der Waals surface area contributed by atoms with Crippen LogP contribution in [0.4, 0.5) is 0 Å². The first-order valence-electron chi connectivity index (χ1n) is 9.04. The fourth-order valence-corrected chi connectivity index (χ4v) is 4.84. The van der Waals surface area contributed by atoms with Crippen LogP contribution >= 0.6 is 0 Å². The van der Waals surface area contributed by atoms with Gasteiger partial charge < -0.3 is 9.73 Å². The first-order chi connectivity index (χ1) is 13.8. The van der Waals surface area contributed by atoms with E-state index in [9.17, 15) is 13.2 Å². The van der Waals surface area contributed by atoms with Crippen molar-refractivity contribution in [1.29, 1.82) is 0 Å². The summed E-state index contributed by atoms with van der Waals surface area (Å²) in [6.45, 7) is 3.77. The van der Waals surface area contributed by atoms with E-state index in [0.29, 0.717) is 22.6 Å². The van der Waals surface area contributed by atoms with Crippen LogP contribution in [0.3, 0.4) is 0 Å². The number of nitrogens with zero attached hydrogens (tertiary/aromatic N) is 2. The normalized spacial score (nSPS) is 14.3. The topological polar surface area (TPSA) is 102 Å². The van der Waals surface area contributed by atoms with E-state index in [0.717, 1.165) is 16.7 Å². The van der Waals surface area contributed by atoms with Gasteiger partial charge in [-0.05, 0) is 43.7 Å². The van der Waals surface area contributed by atoms with Crippen LogP contribution in [0.5, 0.6) is 0 Å². The number of hydrogen-bond donors (Lipinski definition) is 1. The minimum atomic E-state index is -3.57. The van der Waals surface area contributed by atoms with Gasteiger partial charge in [0.05, 0.1) is 21.7 Å². The minimum Gasteiger partial charge on any atom is -0.449 e. The molecule has 0 radical (unpaired) electrons.